The van der Waals surface area contributed by atoms with Crippen molar-refractivity contribution >= 4 is 17.5 Å². The van der Waals surface area contributed by atoms with Gasteiger partial charge in [-0.25, -0.2) is 0 Å². The first-order valence-corrected chi connectivity index (χ1v) is 9.46. The van der Waals surface area contributed by atoms with Gasteiger partial charge in [0.15, 0.2) is 6.10 Å². The quantitative estimate of drug-likeness (QED) is 0.648. The molecule has 0 aliphatic rings. The zero-order valence-corrected chi connectivity index (χ0v) is 16.2. The minimum absolute atomic E-state index is 0.188. The number of anilines is 1. The molecule has 5 nitrogen and oxygen atoms in total. The lowest BCUT2D eigenvalue weighted by molar-refractivity contribution is -0.122. The molecule has 2 N–H and O–H groups in total. The Morgan fingerprint density at radius 2 is 1.85 bits per heavy atom. The van der Waals surface area contributed by atoms with Gasteiger partial charge in [-0.1, -0.05) is 44.5 Å². The van der Waals surface area contributed by atoms with Gasteiger partial charge in [0.05, 0.1) is 11.3 Å². The molecule has 0 saturated carbocycles. The molecule has 1 atom stereocenters. The summed E-state index contributed by atoms with van der Waals surface area (Å²) in [6.45, 7) is 6.55. The number of carbonyl (C=O) groups is 2. The van der Waals surface area contributed by atoms with E-state index in [0.717, 1.165) is 18.4 Å². The van der Waals surface area contributed by atoms with Gasteiger partial charge in [0.1, 0.15) is 5.75 Å². The van der Waals surface area contributed by atoms with Crippen LogP contribution >= 0.6 is 0 Å². The maximum atomic E-state index is 12.7. The van der Waals surface area contributed by atoms with Gasteiger partial charge in [-0.3, -0.25) is 9.59 Å². The predicted octanol–water partition coefficient (Wildman–Crippen LogP) is 4.32. The number of unbranched alkanes of at least 4 members (excludes halogenated alkanes) is 1. The number of hydrogen-bond donors (Lipinski definition) is 2. The molecule has 144 valence electrons. The fourth-order valence-corrected chi connectivity index (χ4v) is 2.65. The van der Waals surface area contributed by atoms with Crippen LogP contribution in [-0.4, -0.2) is 24.5 Å². The molecule has 0 bridgehead atoms. The van der Waals surface area contributed by atoms with Crippen LogP contribution in [-0.2, 0) is 4.79 Å². The normalized spacial score (nSPS) is 11.5. The van der Waals surface area contributed by atoms with Crippen molar-refractivity contribution in [1.82, 2.24) is 5.32 Å². The first-order chi connectivity index (χ1) is 13.0. The number of rotatable bonds is 9. The lowest BCUT2D eigenvalue weighted by Gasteiger charge is -2.18. The summed E-state index contributed by atoms with van der Waals surface area (Å²) in [4.78, 5) is 25.1. The molecule has 2 aromatic carbocycles. The van der Waals surface area contributed by atoms with E-state index in [1.807, 2.05) is 38.1 Å². The molecule has 5 heteroatoms. The SMILES string of the molecule is CCCCNC(=O)c1ccccc1NC(=O)[C@@H](CC)Oc1cccc(C)c1. The van der Waals surface area contributed by atoms with Crippen LogP contribution < -0.4 is 15.4 Å². The Balaban J connectivity index is 2.08. The second-order valence-corrected chi connectivity index (χ2v) is 6.48. The highest BCUT2D eigenvalue weighted by Gasteiger charge is 2.21. The molecule has 2 amide bonds. The van der Waals surface area contributed by atoms with Crippen LogP contribution in [0.4, 0.5) is 5.69 Å². The Kier molecular flexibility index (Phi) is 7.86. The predicted molar refractivity (Wildman–Crippen MR) is 108 cm³/mol. The van der Waals surface area contributed by atoms with Crippen LogP contribution in [0.1, 0.15) is 49.0 Å². The van der Waals surface area contributed by atoms with Crippen molar-refractivity contribution in [2.75, 3.05) is 11.9 Å². The lowest BCUT2D eigenvalue weighted by Crippen LogP contribution is -2.33. The number of amides is 2. The van der Waals surface area contributed by atoms with Crippen molar-refractivity contribution in [2.24, 2.45) is 0 Å². The average molecular weight is 368 g/mol. The van der Waals surface area contributed by atoms with Crippen molar-refractivity contribution in [3.05, 3.63) is 59.7 Å². The molecule has 0 saturated heterocycles. The third-order valence-corrected chi connectivity index (χ3v) is 4.18. The summed E-state index contributed by atoms with van der Waals surface area (Å²) in [5.41, 5.74) is 2.01. The maximum absolute atomic E-state index is 12.7. The van der Waals surface area contributed by atoms with Gasteiger partial charge in [-0.2, -0.15) is 0 Å². The van der Waals surface area contributed by atoms with Crippen molar-refractivity contribution in [2.45, 2.75) is 46.1 Å². The second-order valence-electron chi connectivity index (χ2n) is 6.48. The van der Waals surface area contributed by atoms with E-state index in [1.165, 1.54) is 0 Å². The molecule has 2 rings (SSSR count). The van der Waals surface area contributed by atoms with E-state index in [2.05, 4.69) is 17.6 Å². The van der Waals surface area contributed by atoms with Gasteiger partial charge >= 0.3 is 0 Å². The third kappa shape index (κ3) is 6.13. The molecule has 0 radical (unpaired) electrons. The highest BCUT2D eigenvalue weighted by Crippen LogP contribution is 2.19. The smallest absolute Gasteiger partial charge is 0.265 e. The van der Waals surface area contributed by atoms with Gasteiger partial charge in [-0.15, -0.1) is 0 Å². The molecule has 0 unspecified atom stereocenters. The van der Waals surface area contributed by atoms with Gasteiger partial charge in [0, 0.05) is 6.54 Å². The third-order valence-electron chi connectivity index (χ3n) is 4.18. The number of nitrogens with one attached hydrogen (secondary N) is 2. The van der Waals surface area contributed by atoms with E-state index in [9.17, 15) is 9.59 Å². The lowest BCUT2D eigenvalue weighted by atomic mass is 10.1. The van der Waals surface area contributed by atoms with E-state index in [-0.39, 0.29) is 11.8 Å². The van der Waals surface area contributed by atoms with Crippen molar-refractivity contribution in [3.63, 3.8) is 0 Å². The summed E-state index contributed by atoms with van der Waals surface area (Å²) in [6, 6.07) is 14.6. The van der Waals surface area contributed by atoms with Gasteiger partial charge in [0.2, 0.25) is 0 Å². The number of carbonyl (C=O) groups excluding carboxylic acids is 2. The van der Waals surface area contributed by atoms with Crippen LogP contribution in [0.15, 0.2) is 48.5 Å². The summed E-state index contributed by atoms with van der Waals surface area (Å²) >= 11 is 0. The van der Waals surface area contributed by atoms with E-state index in [0.29, 0.717) is 30.0 Å². The van der Waals surface area contributed by atoms with Gasteiger partial charge < -0.3 is 15.4 Å². The number of aryl methyl sites for hydroxylation is 1. The first kappa shape index (κ1) is 20.5. The van der Waals surface area contributed by atoms with Gasteiger partial charge in [-0.05, 0) is 49.6 Å². The molecule has 27 heavy (non-hydrogen) atoms. The molecule has 0 fully saturated rings. The van der Waals surface area contributed by atoms with Crippen LogP contribution in [0.2, 0.25) is 0 Å². The van der Waals surface area contributed by atoms with Crippen molar-refractivity contribution in [3.8, 4) is 5.75 Å². The summed E-state index contributed by atoms with van der Waals surface area (Å²) in [7, 11) is 0. The maximum Gasteiger partial charge on any atom is 0.265 e. The molecular weight excluding hydrogens is 340 g/mol. The Labute approximate surface area is 161 Å². The Morgan fingerprint density at radius 3 is 2.56 bits per heavy atom. The Bertz CT molecular complexity index is 774. The number of benzene rings is 2. The summed E-state index contributed by atoms with van der Waals surface area (Å²) in [5, 5.41) is 5.72. The van der Waals surface area contributed by atoms with Crippen molar-refractivity contribution in [1.29, 1.82) is 0 Å². The molecule has 0 spiro atoms. The van der Waals surface area contributed by atoms with Gasteiger partial charge in [0.25, 0.3) is 11.8 Å². The van der Waals surface area contributed by atoms with E-state index < -0.39 is 6.10 Å². The standard InChI is InChI=1S/C22H28N2O3/c1-4-6-14-23-21(25)18-12-7-8-13-19(18)24-22(26)20(5-2)27-17-11-9-10-16(3)15-17/h7-13,15,20H,4-6,14H2,1-3H3,(H,23,25)(H,24,26)/t20-/m1/s1. The second kappa shape index (κ2) is 10.4. The molecule has 0 aromatic heterocycles. The molecule has 0 heterocycles. The average Bonchev–Trinajstić information content (AvgIpc) is 2.66. The summed E-state index contributed by atoms with van der Waals surface area (Å²) in [6.07, 6.45) is 1.81. The first-order valence-electron chi connectivity index (χ1n) is 9.46. The molecule has 0 aliphatic heterocycles. The summed E-state index contributed by atoms with van der Waals surface area (Å²) < 4.78 is 5.85. The van der Waals surface area contributed by atoms with Crippen LogP contribution in [0, 0.1) is 6.92 Å². The topological polar surface area (TPSA) is 67.4 Å². The van der Waals surface area contributed by atoms with Crippen LogP contribution in [0.3, 0.4) is 0 Å². The zero-order valence-electron chi connectivity index (χ0n) is 16.2. The summed E-state index contributed by atoms with van der Waals surface area (Å²) in [5.74, 6) is 0.197. The minimum Gasteiger partial charge on any atom is -0.481 e. The highest BCUT2D eigenvalue weighted by atomic mass is 16.5. The number of hydrogen-bond acceptors (Lipinski definition) is 3. The molecule has 0 aliphatic carbocycles. The monoisotopic (exact) mass is 368 g/mol. The fourth-order valence-electron chi connectivity index (χ4n) is 2.65. The van der Waals surface area contributed by atoms with E-state index >= 15 is 0 Å². The highest BCUT2D eigenvalue weighted by molar-refractivity contribution is 6.04. The minimum atomic E-state index is -0.636. The molecule has 2 aromatic rings. The van der Waals surface area contributed by atoms with Crippen LogP contribution in [0.5, 0.6) is 5.75 Å². The number of ether oxygens (including phenoxy) is 1. The van der Waals surface area contributed by atoms with Crippen molar-refractivity contribution < 1.29 is 14.3 Å². The van der Waals surface area contributed by atoms with Crippen LogP contribution in [0.25, 0.3) is 0 Å². The Morgan fingerprint density at radius 1 is 1.07 bits per heavy atom. The fraction of sp³-hybridized carbons (Fsp3) is 0.364. The van der Waals surface area contributed by atoms with E-state index in [1.54, 1.807) is 24.3 Å². The number of para-hydroxylation sites is 1. The largest absolute Gasteiger partial charge is 0.481 e. The molecular formula is C22H28N2O3. The zero-order chi connectivity index (χ0) is 19.6. The van der Waals surface area contributed by atoms with E-state index in [4.69, 9.17) is 4.74 Å². The Hall–Kier alpha value is -2.82.